The Balaban J connectivity index is 1.78. The lowest BCUT2D eigenvalue weighted by molar-refractivity contribution is 0.0303. The first-order valence-corrected chi connectivity index (χ1v) is 8.29. The summed E-state index contributed by atoms with van der Waals surface area (Å²) in [6.45, 7) is 4.49. The van der Waals surface area contributed by atoms with Crippen molar-refractivity contribution in [2.75, 3.05) is 31.6 Å². The number of hydrogen-bond donors (Lipinski definition) is 1. The summed E-state index contributed by atoms with van der Waals surface area (Å²) < 4.78 is 6.32. The predicted octanol–water partition coefficient (Wildman–Crippen LogP) is 3.37. The number of carbonyl (C=O) groups excluding carboxylic acids is 1. The molecule has 0 atom stereocenters. The third-order valence-electron chi connectivity index (χ3n) is 3.76. The SMILES string of the molecule is Cc1cc(Br)ccc1Nc1cc(C(=O)N2CCOCC2)ccn1. The molecule has 5 nitrogen and oxygen atoms in total. The smallest absolute Gasteiger partial charge is 0.254 e. The van der Waals surface area contributed by atoms with Gasteiger partial charge in [-0.25, -0.2) is 4.98 Å². The molecule has 1 saturated heterocycles. The van der Waals surface area contributed by atoms with Gasteiger partial charge in [-0.2, -0.15) is 0 Å². The zero-order valence-electron chi connectivity index (χ0n) is 12.9. The quantitative estimate of drug-likeness (QED) is 0.893. The molecule has 1 aromatic carbocycles. The number of nitrogens with zero attached hydrogens (tertiary/aromatic N) is 2. The van der Waals surface area contributed by atoms with Crippen LogP contribution in [0.25, 0.3) is 0 Å². The molecule has 6 heteroatoms. The van der Waals surface area contributed by atoms with Crippen LogP contribution in [-0.4, -0.2) is 42.1 Å². The zero-order chi connectivity index (χ0) is 16.2. The molecule has 3 rings (SSSR count). The molecule has 120 valence electrons. The van der Waals surface area contributed by atoms with Gasteiger partial charge in [0.05, 0.1) is 13.2 Å². The van der Waals surface area contributed by atoms with Crippen LogP contribution in [0.3, 0.4) is 0 Å². The van der Waals surface area contributed by atoms with Crippen molar-refractivity contribution in [3.63, 3.8) is 0 Å². The third kappa shape index (κ3) is 3.89. The summed E-state index contributed by atoms with van der Waals surface area (Å²) in [6, 6.07) is 9.53. The van der Waals surface area contributed by atoms with E-state index >= 15 is 0 Å². The van der Waals surface area contributed by atoms with Gasteiger partial charge in [-0.05, 0) is 42.8 Å². The van der Waals surface area contributed by atoms with E-state index in [0.717, 1.165) is 15.7 Å². The van der Waals surface area contributed by atoms with Crippen LogP contribution in [0.5, 0.6) is 0 Å². The van der Waals surface area contributed by atoms with Crippen molar-refractivity contribution in [1.29, 1.82) is 0 Å². The fraction of sp³-hybridized carbons (Fsp3) is 0.294. The van der Waals surface area contributed by atoms with Crippen molar-refractivity contribution in [1.82, 2.24) is 9.88 Å². The van der Waals surface area contributed by atoms with E-state index in [-0.39, 0.29) is 5.91 Å². The molecule has 0 bridgehead atoms. The fourth-order valence-corrected chi connectivity index (χ4v) is 2.96. The van der Waals surface area contributed by atoms with E-state index in [1.807, 2.05) is 30.0 Å². The molecule has 0 aliphatic carbocycles. The number of benzene rings is 1. The minimum absolute atomic E-state index is 0.0197. The Morgan fingerprint density at radius 2 is 2.04 bits per heavy atom. The molecule has 0 spiro atoms. The Hall–Kier alpha value is -1.92. The highest BCUT2D eigenvalue weighted by atomic mass is 79.9. The molecule has 1 fully saturated rings. The first-order valence-electron chi connectivity index (χ1n) is 7.50. The summed E-state index contributed by atoms with van der Waals surface area (Å²) >= 11 is 3.45. The first-order chi connectivity index (χ1) is 11.1. The molecular formula is C17H18BrN3O2. The summed E-state index contributed by atoms with van der Waals surface area (Å²) in [4.78, 5) is 18.6. The average molecular weight is 376 g/mol. The number of rotatable bonds is 3. The number of morpholine rings is 1. The maximum Gasteiger partial charge on any atom is 0.254 e. The second kappa shape index (κ2) is 7.10. The van der Waals surface area contributed by atoms with Crippen LogP contribution in [0.1, 0.15) is 15.9 Å². The summed E-state index contributed by atoms with van der Waals surface area (Å²) in [5.41, 5.74) is 2.71. The molecule has 1 N–H and O–H groups in total. The van der Waals surface area contributed by atoms with Crippen molar-refractivity contribution in [2.45, 2.75) is 6.92 Å². The summed E-state index contributed by atoms with van der Waals surface area (Å²) in [6.07, 6.45) is 1.66. The lowest BCUT2D eigenvalue weighted by Crippen LogP contribution is -2.40. The van der Waals surface area contributed by atoms with Gasteiger partial charge in [0, 0.05) is 35.0 Å². The van der Waals surface area contributed by atoms with E-state index < -0.39 is 0 Å². The number of halogens is 1. The molecule has 1 aromatic heterocycles. The van der Waals surface area contributed by atoms with Crippen LogP contribution in [0, 0.1) is 6.92 Å². The highest BCUT2D eigenvalue weighted by Crippen LogP contribution is 2.23. The fourth-order valence-electron chi connectivity index (χ4n) is 2.49. The Bertz CT molecular complexity index is 715. The molecule has 0 unspecified atom stereocenters. The second-order valence-electron chi connectivity index (χ2n) is 5.42. The van der Waals surface area contributed by atoms with Crippen LogP contribution in [0.2, 0.25) is 0 Å². The minimum Gasteiger partial charge on any atom is -0.378 e. The maximum atomic E-state index is 12.5. The van der Waals surface area contributed by atoms with E-state index in [9.17, 15) is 4.79 Å². The maximum absolute atomic E-state index is 12.5. The normalized spacial score (nSPS) is 14.6. The summed E-state index contributed by atoms with van der Waals surface area (Å²) in [5.74, 6) is 0.681. The number of nitrogens with one attached hydrogen (secondary N) is 1. The average Bonchev–Trinajstić information content (AvgIpc) is 2.58. The van der Waals surface area contributed by atoms with Crippen LogP contribution < -0.4 is 5.32 Å². The standard InChI is InChI=1S/C17H18BrN3O2/c1-12-10-14(18)2-3-15(12)20-16-11-13(4-5-19-16)17(22)21-6-8-23-9-7-21/h2-5,10-11H,6-9H2,1H3,(H,19,20). The Kier molecular flexibility index (Phi) is 4.93. The van der Waals surface area contributed by atoms with Gasteiger partial charge < -0.3 is 15.0 Å². The van der Waals surface area contributed by atoms with E-state index in [1.54, 1.807) is 18.3 Å². The number of aryl methyl sites for hydroxylation is 1. The topological polar surface area (TPSA) is 54.5 Å². The number of ether oxygens (including phenoxy) is 1. The lowest BCUT2D eigenvalue weighted by Gasteiger charge is -2.26. The molecule has 1 aliphatic heterocycles. The van der Waals surface area contributed by atoms with Gasteiger partial charge in [0.25, 0.3) is 5.91 Å². The first kappa shape index (κ1) is 16.0. The largest absolute Gasteiger partial charge is 0.378 e. The zero-order valence-corrected chi connectivity index (χ0v) is 14.5. The van der Waals surface area contributed by atoms with Crippen LogP contribution >= 0.6 is 15.9 Å². The van der Waals surface area contributed by atoms with Crippen molar-refractivity contribution < 1.29 is 9.53 Å². The van der Waals surface area contributed by atoms with Crippen molar-refractivity contribution >= 4 is 33.3 Å². The van der Waals surface area contributed by atoms with Gasteiger partial charge >= 0.3 is 0 Å². The molecule has 2 aromatic rings. The molecule has 1 aliphatic rings. The van der Waals surface area contributed by atoms with Crippen molar-refractivity contribution in [3.8, 4) is 0 Å². The van der Waals surface area contributed by atoms with Gasteiger partial charge in [-0.3, -0.25) is 4.79 Å². The highest BCUT2D eigenvalue weighted by molar-refractivity contribution is 9.10. The predicted molar refractivity (Wildman–Crippen MR) is 93.1 cm³/mol. The molecule has 23 heavy (non-hydrogen) atoms. The number of amides is 1. The lowest BCUT2D eigenvalue weighted by atomic mass is 10.2. The van der Waals surface area contributed by atoms with Gasteiger partial charge in [-0.1, -0.05) is 15.9 Å². The van der Waals surface area contributed by atoms with Gasteiger partial charge in [0.15, 0.2) is 0 Å². The van der Waals surface area contributed by atoms with Gasteiger partial charge in [0.2, 0.25) is 0 Å². The van der Waals surface area contributed by atoms with E-state index in [0.29, 0.717) is 37.7 Å². The molecule has 0 radical (unpaired) electrons. The van der Waals surface area contributed by atoms with Crippen molar-refractivity contribution in [2.24, 2.45) is 0 Å². The number of carbonyl (C=O) groups is 1. The van der Waals surface area contributed by atoms with E-state index in [2.05, 4.69) is 26.2 Å². The van der Waals surface area contributed by atoms with Crippen LogP contribution in [0.15, 0.2) is 41.0 Å². The molecule has 2 heterocycles. The van der Waals surface area contributed by atoms with Crippen LogP contribution in [-0.2, 0) is 4.74 Å². The summed E-state index contributed by atoms with van der Waals surface area (Å²) in [7, 11) is 0. The Labute approximate surface area is 143 Å². The van der Waals surface area contributed by atoms with Gasteiger partial charge in [0.1, 0.15) is 5.82 Å². The third-order valence-corrected chi connectivity index (χ3v) is 4.25. The molecule has 1 amide bonds. The van der Waals surface area contributed by atoms with Crippen molar-refractivity contribution in [3.05, 3.63) is 52.1 Å². The Morgan fingerprint density at radius 3 is 2.78 bits per heavy atom. The Morgan fingerprint density at radius 1 is 1.26 bits per heavy atom. The van der Waals surface area contributed by atoms with Gasteiger partial charge in [-0.15, -0.1) is 0 Å². The highest BCUT2D eigenvalue weighted by Gasteiger charge is 2.18. The second-order valence-corrected chi connectivity index (χ2v) is 6.33. The molecule has 0 saturated carbocycles. The van der Waals surface area contributed by atoms with E-state index in [1.165, 1.54) is 0 Å². The molecular weight excluding hydrogens is 358 g/mol. The van der Waals surface area contributed by atoms with Crippen LogP contribution in [0.4, 0.5) is 11.5 Å². The minimum atomic E-state index is 0.0197. The number of hydrogen-bond acceptors (Lipinski definition) is 4. The number of anilines is 2. The van der Waals surface area contributed by atoms with E-state index in [4.69, 9.17) is 4.74 Å². The number of pyridine rings is 1. The monoisotopic (exact) mass is 375 g/mol. The number of aromatic nitrogens is 1. The summed E-state index contributed by atoms with van der Waals surface area (Å²) in [5, 5.41) is 3.27.